The van der Waals surface area contributed by atoms with Crippen LogP contribution in [0.2, 0.25) is 0 Å². The first-order chi connectivity index (χ1) is 11.0. The number of likely N-dealkylation sites (tertiary alicyclic amines) is 1. The van der Waals surface area contributed by atoms with Crippen molar-refractivity contribution < 1.29 is 14.4 Å². The van der Waals surface area contributed by atoms with E-state index in [1.54, 1.807) is 28.5 Å². The van der Waals surface area contributed by atoms with Gasteiger partial charge in [0, 0.05) is 24.4 Å². The van der Waals surface area contributed by atoms with Crippen molar-refractivity contribution in [3.63, 3.8) is 0 Å². The van der Waals surface area contributed by atoms with Gasteiger partial charge in [-0.3, -0.25) is 14.4 Å². The number of amides is 3. The number of carbonyl (C=O) groups excluding carboxylic acids is 3. The maximum Gasteiger partial charge on any atom is 0.250 e. The molecule has 0 aromatic heterocycles. The summed E-state index contributed by atoms with van der Waals surface area (Å²) in [5, 5.41) is 2.70. The molecule has 23 heavy (non-hydrogen) atoms. The summed E-state index contributed by atoms with van der Waals surface area (Å²) >= 11 is 1.56. The highest BCUT2D eigenvalue weighted by molar-refractivity contribution is 7.99. The highest BCUT2D eigenvalue weighted by Crippen LogP contribution is 2.23. The van der Waals surface area contributed by atoms with Crippen LogP contribution in [-0.2, 0) is 14.4 Å². The van der Waals surface area contributed by atoms with Crippen molar-refractivity contribution in [2.24, 2.45) is 0 Å². The third-order valence-electron chi connectivity index (χ3n) is 4.17. The third-order valence-corrected chi connectivity index (χ3v) is 5.18. The van der Waals surface area contributed by atoms with Gasteiger partial charge in [-0.25, -0.2) is 0 Å². The van der Waals surface area contributed by atoms with Gasteiger partial charge in [0.25, 0.3) is 5.91 Å². The summed E-state index contributed by atoms with van der Waals surface area (Å²) in [5.41, 5.74) is 0.668. The van der Waals surface area contributed by atoms with E-state index in [0.29, 0.717) is 17.2 Å². The number of nitrogens with one attached hydrogen (secondary N) is 1. The lowest BCUT2D eigenvalue weighted by Gasteiger charge is -2.24. The van der Waals surface area contributed by atoms with Crippen molar-refractivity contribution in [1.29, 1.82) is 0 Å². The number of hydrogen-bond acceptors (Lipinski definition) is 4. The van der Waals surface area contributed by atoms with Crippen molar-refractivity contribution in [3.05, 3.63) is 11.6 Å². The van der Waals surface area contributed by atoms with Crippen LogP contribution in [0.15, 0.2) is 11.6 Å². The average molecular weight is 339 g/mol. The van der Waals surface area contributed by atoms with Crippen LogP contribution in [-0.4, -0.2) is 64.8 Å². The van der Waals surface area contributed by atoms with Gasteiger partial charge in [0.05, 0.1) is 12.4 Å². The molecule has 128 valence electrons. The third kappa shape index (κ3) is 4.50. The second-order valence-electron chi connectivity index (χ2n) is 5.89. The molecule has 0 radical (unpaired) electrons. The van der Waals surface area contributed by atoms with Crippen LogP contribution in [0.25, 0.3) is 0 Å². The topological polar surface area (TPSA) is 69.7 Å². The van der Waals surface area contributed by atoms with Crippen LogP contribution in [0, 0.1) is 0 Å². The molecule has 0 spiro atoms. The molecule has 3 amide bonds. The van der Waals surface area contributed by atoms with Gasteiger partial charge in [-0.15, -0.1) is 11.8 Å². The second-order valence-corrected chi connectivity index (χ2v) is 6.89. The zero-order valence-corrected chi connectivity index (χ0v) is 14.7. The Hall–Kier alpha value is -1.50. The molecule has 0 aliphatic carbocycles. The normalized spacial score (nSPS) is 21.7. The minimum absolute atomic E-state index is 0.0197. The van der Waals surface area contributed by atoms with Crippen molar-refractivity contribution in [2.75, 3.05) is 31.3 Å². The van der Waals surface area contributed by atoms with Gasteiger partial charge < -0.3 is 15.1 Å². The van der Waals surface area contributed by atoms with Gasteiger partial charge in [0.2, 0.25) is 11.8 Å². The van der Waals surface area contributed by atoms with Crippen LogP contribution in [0.1, 0.15) is 33.1 Å². The van der Waals surface area contributed by atoms with Crippen LogP contribution in [0.3, 0.4) is 0 Å². The summed E-state index contributed by atoms with van der Waals surface area (Å²) < 4.78 is 0. The minimum Gasteiger partial charge on any atom is -0.345 e. The average Bonchev–Trinajstić information content (AvgIpc) is 3.22. The fraction of sp³-hybridized carbons (Fsp3) is 0.688. The molecule has 2 heterocycles. The van der Waals surface area contributed by atoms with Gasteiger partial charge in [-0.1, -0.05) is 13.0 Å². The van der Waals surface area contributed by atoms with Crippen molar-refractivity contribution in [3.8, 4) is 0 Å². The number of rotatable bonds is 5. The van der Waals surface area contributed by atoms with E-state index >= 15 is 0 Å². The standard InChI is InChI=1S/C16H25N3O3S/c1-3-6-12(2)16(22)19-11-23-10-13(19)15(21)17-9-14(20)18-7-4-5-8-18/h6,13H,3-5,7-11H2,1-2H3,(H,17,21)/b12-6+/t13-/m1/s1. The second kappa shape index (κ2) is 8.38. The van der Waals surface area contributed by atoms with Gasteiger partial charge in [0.15, 0.2) is 0 Å². The number of carbonyl (C=O) groups is 3. The van der Waals surface area contributed by atoms with Gasteiger partial charge >= 0.3 is 0 Å². The molecule has 0 aromatic rings. The van der Waals surface area contributed by atoms with Crippen LogP contribution >= 0.6 is 11.8 Å². The lowest BCUT2D eigenvalue weighted by Crippen LogP contribution is -2.49. The fourth-order valence-electron chi connectivity index (χ4n) is 2.84. The van der Waals surface area contributed by atoms with E-state index in [4.69, 9.17) is 0 Å². The highest BCUT2D eigenvalue weighted by Gasteiger charge is 2.35. The maximum absolute atomic E-state index is 12.4. The molecule has 7 heteroatoms. The first kappa shape index (κ1) is 17.8. The van der Waals surface area contributed by atoms with Crippen LogP contribution in [0.5, 0.6) is 0 Å². The van der Waals surface area contributed by atoms with Crippen LogP contribution in [0.4, 0.5) is 0 Å². The number of hydrogen-bond donors (Lipinski definition) is 1. The Morgan fingerprint density at radius 1 is 1.26 bits per heavy atom. The molecule has 0 unspecified atom stereocenters. The molecule has 2 saturated heterocycles. The SMILES string of the molecule is CC/C=C(\C)C(=O)N1CSC[C@@H]1C(=O)NCC(=O)N1CCCC1. The van der Waals surface area contributed by atoms with E-state index < -0.39 is 6.04 Å². The molecular formula is C16H25N3O3S. The summed E-state index contributed by atoms with van der Waals surface area (Å²) in [6.07, 6.45) is 4.73. The number of thioether (sulfide) groups is 1. The summed E-state index contributed by atoms with van der Waals surface area (Å²) in [7, 11) is 0. The predicted molar refractivity (Wildman–Crippen MR) is 90.8 cm³/mol. The molecule has 1 atom stereocenters. The Kier molecular flexibility index (Phi) is 6.50. The lowest BCUT2D eigenvalue weighted by atomic mass is 10.2. The minimum atomic E-state index is -0.487. The molecule has 1 N–H and O–H groups in total. The molecule has 2 aliphatic heterocycles. The first-order valence-electron chi connectivity index (χ1n) is 8.15. The Labute approximate surface area is 141 Å². The Morgan fingerprint density at radius 3 is 2.61 bits per heavy atom. The monoisotopic (exact) mass is 339 g/mol. The van der Waals surface area contributed by atoms with E-state index in [0.717, 1.165) is 32.4 Å². The quantitative estimate of drug-likeness (QED) is 0.758. The van der Waals surface area contributed by atoms with E-state index in [-0.39, 0.29) is 24.3 Å². The summed E-state index contributed by atoms with van der Waals surface area (Å²) in [4.78, 5) is 40.1. The molecule has 0 saturated carbocycles. The maximum atomic E-state index is 12.4. The molecular weight excluding hydrogens is 314 g/mol. The molecule has 0 bridgehead atoms. The zero-order chi connectivity index (χ0) is 16.8. The summed E-state index contributed by atoms with van der Waals surface area (Å²) in [5.74, 6) is 0.727. The Morgan fingerprint density at radius 2 is 1.96 bits per heavy atom. The van der Waals surface area contributed by atoms with E-state index in [9.17, 15) is 14.4 Å². The lowest BCUT2D eigenvalue weighted by molar-refractivity contribution is -0.137. The number of allylic oxidation sites excluding steroid dienone is 1. The smallest absolute Gasteiger partial charge is 0.250 e. The molecule has 0 aromatic carbocycles. The van der Waals surface area contributed by atoms with E-state index in [1.807, 2.05) is 13.0 Å². The van der Waals surface area contributed by atoms with E-state index in [2.05, 4.69) is 5.32 Å². The summed E-state index contributed by atoms with van der Waals surface area (Å²) in [6, 6.07) is -0.487. The predicted octanol–water partition coefficient (Wildman–Crippen LogP) is 0.983. The van der Waals surface area contributed by atoms with Crippen LogP contribution < -0.4 is 5.32 Å². The molecule has 2 rings (SSSR count). The largest absolute Gasteiger partial charge is 0.345 e. The Balaban J connectivity index is 1.88. The first-order valence-corrected chi connectivity index (χ1v) is 9.31. The van der Waals surface area contributed by atoms with Crippen molar-refractivity contribution in [1.82, 2.24) is 15.1 Å². The zero-order valence-electron chi connectivity index (χ0n) is 13.8. The number of nitrogens with zero attached hydrogens (tertiary/aromatic N) is 2. The van der Waals surface area contributed by atoms with Gasteiger partial charge in [-0.05, 0) is 26.2 Å². The summed E-state index contributed by atoms with van der Waals surface area (Å²) in [6.45, 7) is 5.33. The molecule has 6 nitrogen and oxygen atoms in total. The molecule has 2 aliphatic rings. The fourth-order valence-corrected chi connectivity index (χ4v) is 3.99. The Bertz CT molecular complexity index is 501. The molecule has 2 fully saturated rings. The van der Waals surface area contributed by atoms with Crippen molar-refractivity contribution >= 4 is 29.5 Å². The van der Waals surface area contributed by atoms with Gasteiger partial charge in [0.1, 0.15) is 6.04 Å². The van der Waals surface area contributed by atoms with Crippen molar-refractivity contribution in [2.45, 2.75) is 39.2 Å². The van der Waals surface area contributed by atoms with Gasteiger partial charge in [-0.2, -0.15) is 0 Å². The van der Waals surface area contributed by atoms with E-state index in [1.165, 1.54) is 0 Å². The highest BCUT2D eigenvalue weighted by atomic mass is 32.2.